The topological polar surface area (TPSA) is 92.4 Å². The Bertz CT molecular complexity index is 414. The number of hydrogen-bond donors (Lipinski definition) is 3. The molecule has 5 nitrogen and oxygen atoms in total. The Morgan fingerprint density at radius 1 is 1.32 bits per heavy atom. The summed E-state index contributed by atoms with van der Waals surface area (Å²) < 4.78 is 0. The maximum absolute atomic E-state index is 10.8. The number of aliphatic carboxylic acids is 1. The van der Waals surface area contributed by atoms with Crippen molar-refractivity contribution in [2.45, 2.75) is 59.0 Å². The first-order valence-electron chi connectivity index (χ1n) is 7.93. The van der Waals surface area contributed by atoms with Gasteiger partial charge in [-0.1, -0.05) is 39.8 Å². The smallest absolute Gasteiger partial charge is 0.305 e. The van der Waals surface area contributed by atoms with Gasteiger partial charge in [0.15, 0.2) is 0 Å². The molecule has 0 radical (unpaired) electrons. The zero-order valence-electron chi connectivity index (χ0n) is 14.1. The van der Waals surface area contributed by atoms with Crippen molar-refractivity contribution in [2.24, 2.45) is 22.5 Å². The van der Waals surface area contributed by atoms with E-state index in [0.717, 1.165) is 0 Å². The van der Waals surface area contributed by atoms with Crippen LogP contribution in [0.2, 0.25) is 0 Å². The Balaban J connectivity index is 2.55. The second-order valence-corrected chi connectivity index (χ2v) is 7.75. The van der Waals surface area contributed by atoms with E-state index in [9.17, 15) is 9.59 Å². The lowest BCUT2D eigenvalue weighted by molar-refractivity contribution is -0.138. The molecule has 1 saturated carbocycles. The Morgan fingerprint density at radius 3 is 2.32 bits per heavy atom. The SMILES string of the molecule is CC1(C)CCC(C)(C)C1C=CC(N)CN[C@H](C=O)CC(=O)O. The molecule has 1 unspecified atom stereocenters. The minimum absolute atomic E-state index is 0.220. The summed E-state index contributed by atoms with van der Waals surface area (Å²) in [6.45, 7) is 9.54. The maximum atomic E-state index is 10.8. The third-order valence-corrected chi connectivity index (χ3v) is 4.82. The fourth-order valence-electron chi connectivity index (χ4n) is 3.50. The van der Waals surface area contributed by atoms with Gasteiger partial charge in [0.25, 0.3) is 0 Å². The quantitative estimate of drug-likeness (QED) is 0.471. The van der Waals surface area contributed by atoms with Crippen LogP contribution in [0.5, 0.6) is 0 Å². The van der Waals surface area contributed by atoms with Gasteiger partial charge in [-0.2, -0.15) is 0 Å². The highest BCUT2D eigenvalue weighted by Gasteiger charge is 2.45. The number of carbonyl (C=O) groups is 2. The molecule has 2 atom stereocenters. The summed E-state index contributed by atoms with van der Waals surface area (Å²) in [4.78, 5) is 21.4. The normalized spacial score (nSPS) is 23.5. The van der Waals surface area contributed by atoms with Gasteiger partial charge in [0, 0.05) is 12.6 Å². The summed E-state index contributed by atoms with van der Waals surface area (Å²) in [5.41, 5.74) is 6.58. The van der Waals surface area contributed by atoms with Gasteiger partial charge in [0.1, 0.15) is 6.29 Å². The Kier molecular flexibility index (Phi) is 6.32. The van der Waals surface area contributed by atoms with Gasteiger partial charge < -0.3 is 21.0 Å². The number of allylic oxidation sites excluding steroid dienone is 1. The van der Waals surface area contributed by atoms with Gasteiger partial charge >= 0.3 is 5.97 Å². The van der Waals surface area contributed by atoms with Crippen LogP contribution in [-0.4, -0.2) is 36.0 Å². The van der Waals surface area contributed by atoms with Crippen molar-refractivity contribution in [1.82, 2.24) is 5.32 Å². The Morgan fingerprint density at radius 2 is 1.86 bits per heavy atom. The number of hydrogen-bond acceptors (Lipinski definition) is 4. The molecule has 5 heteroatoms. The summed E-state index contributed by atoms with van der Waals surface area (Å²) in [7, 11) is 0. The molecule has 126 valence electrons. The molecule has 0 aliphatic heterocycles. The second kappa shape index (κ2) is 7.38. The Hall–Kier alpha value is -1.20. The fraction of sp³-hybridized carbons (Fsp3) is 0.765. The highest BCUT2D eigenvalue weighted by atomic mass is 16.4. The van der Waals surface area contributed by atoms with Crippen molar-refractivity contribution in [3.63, 3.8) is 0 Å². The fourth-order valence-corrected chi connectivity index (χ4v) is 3.50. The van der Waals surface area contributed by atoms with Crippen LogP contribution in [0.4, 0.5) is 0 Å². The number of carboxylic acids is 1. The molecule has 1 aliphatic carbocycles. The van der Waals surface area contributed by atoms with E-state index < -0.39 is 12.0 Å². The summed E-state index contributed by atoms with van der Waals surface area (Å²) in [5, 5.41) is 11.6. The standard InChI is InChI=1S/C17H30N2O3/c1-16(2)7-8-17(3,4)14(16)6-5-12(18)10-19-13(11-20)9-15(21)22/h5-6,11-14,19H,7-10,18H2,1-4H3,(H,21,22)/t12?,13-/m0/s1. The van der Waals surface area contributed by atoms with E-state index in [1.165, 1.54) is 12.8 Å². The molecule has 4 N–H and O–H groups in total. The summed E-state index contributed by atoms with van der Waals surface area (Å²) >= 11 is 0. The summed E-state index contributed by atoms with van der Waals surface area (Å²) in [5.74, 6) is -0.532. The molecule has 0 aromatic heterocycles. The van der Waals surface area contributed by atoms with E-state index in [0.29, 0.717) is 18.7 Å². The number of carboxylic acid groups (broad SMARTS) is 1. The number of rotatable bonds is 8. The van der Waals surface area contributed by atoms with Crippen LogP contribution in [0.25, 0.3) is 0 Å². The van der Waals surface area contributed by atoms with E-state index in [4.69, 9.17) is 10.8 Å². The molecule has 0 aromatic carbocycles. The zero-order chi connectivity index (χ0) is 17.0. The zero-order valence-corrected chi connectivity index (χ0v) is 14.1. The maximum Gasteiger partial charge on any atom is 0.305 e. The predicted octanol–water partition coefficient (Wildman–Crippen LogP) is 1.96. The van der Waals surface area contributed by atoms with Crippen LogP contribution < -0.4 is 11.1 Å². The molecule has 1 aliphatic rings. The lowest BCUT2D eigenvalue weighted by atomic mass is 9.72. The van der Waals surface area contributed by atoms with Gasteiger partial charge in [0.05, 0.1) is 12.5 Å². The minimum Gasteiger partial charge on any atom is -0.481 e. The Labute approximate surface area is 133 Å². The predicted molar refractivity (Wildman–Crippen MR) is 87.5 cm³/mol. The lowest BCUT2D eigenvalue weighted by Crippen LogP contribution is -2.40. The molecule has 22 heavy (non-hydrogen) atoms. The van der Waals surface area contributed by atoms with E-state index >= 15 is 0 Å². The molecule has 1 rings (SSSR count). The third-order valence-electron chi connectivity index (χ3n) is 4.82. The van der Waals surface area contributed by atoms with Crippen LogP contribution in [-0.2, 0) is 9.59 Å². The summed E-state index contributed by atoms with van der Waals surface area (Å²) in [6.07, 6.45) is 6.99. The number of nitrogens with two attached hydrogens (primary N) is 1. The lowest BCUT2D eigenvalue weighted by Gasteiger charge is -2.33. The highest BCUT2D eigenvalue weighted by Crippen LogP contribution is 2.54. The van der Waals surface area contributed by atoms with Gasteiger partial charge in [-0.3, -0.25) is 4.79 Å². The van der Waals surface area contributed by atoms with Gasteiger partial charge in [-0.05, 0) is 29.6 Å². The van der Waals surface area contributed by atoms with Crippen molar-refractivity contribution >= 4 is 12.3 Å². The molecule has 0 spiro atoms. The second-order valence-electron chi connectivity index (χ2n) is 7.75. The van der Waals surface area contributed by atoms with Crippen LogP contribution in [0.3, 0.4) is 0 Å². The third kappa shape index (κ3) is 5.21. The molecule has 1 fully saturated rings. The first-order chi connectivity index (χ1) is 10.1. The van der Waals surface area contributed by atoms with E-state index in [1.807, 2.05) is 6.08 Å². The molecule has 0 aromatic rings. The first-order valence-corrected chi connectivity index (χ1v) is 7.93. The first kappa shape index (κ1) is 18.8. The average molecular weight is 310 g/mol. The van der Waals surface area contributed by atoms with Crippen molar-refractivity contribution in [3.8, 4) is 0 Å². The number of nitrogens with one attached hydrogen (secondary N) is 1. The molecular weight excluding hydrogens is 280 g/mol. The monoisotopic (exact) mass is 310 g/mol. The van der Waals surface area contributed by atoms with Gasteiger partial charge in [0.2, 0.25) is 0 Å². The molecule has 0 amide bonds. The largest absolute Gasteiger partial charge is 0.481 e. The van der Waals surface area contributed by atoms with Crippen LogP contribution in [0.1, 0.15) is 47.0 Å². The van der Waals surface area contributed by atoms with Crippen molar-refractivity contribution in [2.75, 3.05) is 6.54 Å². The van der Waals surface area contributed by atoms with Crippen molar-refractivity contribution in [1.29, 1.82) is 0 Å². The molecule has 0 heterocycles. The van der Waals surface area contributed by atoms with E-state index in [2.05, 4.69) is 39.1 Å². The average Bonchev–Trinajstić information content (AvgIpc) is 2.61. The highest BCUT2D eigenvalue weighted by molar-refractivity contribution is 5.73. The van der Waals surface area contributed by atoms with E-state index in [1.54, 1.807) is 0 Å². The number of aldehydes is 1. The summed E-state index contributed by atoms with van der Waals surface area (Å²) in [6, 6.07) is -0.917. The minimum atomic E-state index is -0.997. The van der Waals surface area contributed by atoms with Gasteiger partial charge in [-0.25, -0.2) is 0 Å². The van der Waals surface area contributed by atoms with Crippen molar-refractivity contribution < 1.29 is 14.7 Å². The van der Waals surface area contributed by atoms with Gasteiger partial charge in [-0.15, -0.1) is 0 Å². The van der Waals surface area contributed by atoms with Crippen LogP contribution in [0.15, 0.2) is 12.2 Å². The van der Waals surface area contributed by atoms with Crippen molar-refractivity contribution in [3.05, 3.63) is 12.2 Å². The molecule has 0 bridgehead atoms. The molecule has 0 saturated heterocycles. The van der Waals surface area contributed by atoms with Crippen LogP contribution in [0, 0.1) is 16.7 Å². The van der Waals surface area contributed by atoms with Crippen LogP contribution >= 0.6 is 0 Å². The van der Waals surface area contributed by atoms with E-state index in [-0.39, 0.29) is 23.3 Å². The molecular formula is C17H30N2O3. The number of carbonyl (C=O) groups excluding carboxylic acids is 1.